The monoisotopic (exact) mass is 474 g/mol. The fourth-order valence-electron chi connectivity index (χ4n) is 3.19. The molecule has 0 bridgehead atoms. The number of hydrogen-bond acceptors (Lipinski definition) is 5. The smallest absolute Gasteiger partial charge is 0.434 e. The van der Waals surface area contributed by atoms with Crippen molar-refractivity contribution in [3.8, 4) is 5.75 Å². The van der Waals surface area contributed by atoms with Crippen molar-refractivity contribution in [2.45, 2.75) is 25.8 Å². The highest BCUT2D eigenvalue weighted by molar-refractivity contribution is 9.10. The molecule has 3 rings (SSSR count). The second-order valence-electron chi connectivity index (χ2n) is 6.86. The largest absolute Gasteiger partial charge is 0.513 e. The number of carbonyl (C=O) groups excluding carboxylic acids is 3. The minimum absolute atomic E-state index is 0.00178. The Bertz CT molecular complexity index is 891. The van der Waals surface area contributed by atoms with Crippen LogP contribution in [0, 0.1) is 0 Å². The van der Waals surface area contributed by atoms with Crippen LogP contribution in [0.2, 0.25) is 0 Å². The first kappa shape index (κ1) is 21.8. The molecule has 2 amide bonds. The lowest BCUT2D eigenvalue weighted by Gasteiger charge is -2.32. The van der Waals surface area contributed by atoms with Gasteiger partial charge in [-0.3, -0.25) is 9.59 Å². The van der Waals surface area contributed by atoms with Crippen molar-refractivity contribution in [1.82, 2.24) is 10.2 Å². The van der Waals surface area contributed by atoms with E-state index in [1.165, 1.54) is 0 Å². The standard InChI is InChI=1S/C22H23BrN2O5/c1-2-29-22(28)30-19-9-5-15(6-10-19)20(26)24-18-11-13-25(14-12-18)21(27)16-3-7-17(23)8-4-16/h3-10,18H,2,11-14H2,1H3,(H,24,26). The van der Waals surface area contributed by atoms with Gasteiger partial charge in [0.2, 0.25) is 0 Å². The van der Waals surface area contributed by atoms with E-state index in [1.807, 2.05) is 17.0 Å². The maximum absolute atomic E-state index is 12.6. The van der Waals surface area contributed by atoms with Crippen LogP contribution in [-0.2, 0) is 4.74 Å². The number of piperidine rings is 1. The van der Waals surface area contributed by atoms with Crippen molar-refractivity contribution >= 4 is 33.9 Å². The molecule has 0 spiro atoms. The first-order valence-corrected chi connectivity index (χ1v) is 10.6. The number of amides is 2. The quantitative estimate of drug-likeness (QED) is 0.522. The molecule has 7 nitrogen and oxygen atoms in total. The van der Waals surface area contributed by atoms with Gasteiger partial charge in [0, 0.05) is 34.7 Å². The molecule has 0 radical (unpaired) electrons. The Morgan fingerprint density at radius 1 is 1.00 bits per heavy atom. The zero-order chi connectivity index (χ0) is 21.5. The number of rotatable bonds is 5. The molecule has 2 aromatic rings. The third-order valence-corrected chi connectivity index (χ3v) is 5.32. The highest BCUT2D eigenvalue weighted by atomic mass is 79.9. The van der Waals surface area contributed by atoms with E-state index in [-0.39, 0.29) is 24.5 Å². The maximum atomic E-state index is 12.6. The Kier molecular flexibility index (Phi) is 7.46. The van der Waals surface area contributed by atoms with Crippen molar-refractivity contribution in [2.75, 3.05) is 19.7 Å². The summed E-state index contributed by atoms with van der Waals surface area (Å²) < 4.78 is 10.6. The fraction of sp³-hybridized carbons (Fsp3) is 0.318. The van der Waals surface area contributed by atoms with Gasteiger partial charge in [0.05, 0.1) is 6.61 Å². The number of ether oxygens (including phenoxy) is 2. The lowest BCUT2D eigenvalue weighted by molar-refractivity contribution is 0.0698. The molecule has 0 saturated carbocycles. The van der Waals surface area contributed by atoms with E-state index in [0.717, 1.165) is 4.47 Å². The lowest BCUT2D eigenvalue weighted by atomic mass is 10.0. The predicted octanol–water partition coefficient (Wildman–Crippen LogP) is 4.02. The molecular formula is C22H23BrN2O5. The van der Waals surface area contributed by atoms with Crippen molar-refractivity contribution in [2.24, 2.45) is 0 Å². The van der Waals surface area contributed by atoms with Crippen LogP contribution in [0.3, 0.4) is 0 Å². The molecule has 2 aromatic carbocycles. The third-order valence-electron chi connectivity index (χ3n) is 4.79. The van der Waals surface area contributed by atoms with Gasteiger partial charge in [-0.25, -0.2) is 4.79 Å². The molecule has 1 saturated heterocycles. The topological polar surface area (TPSA) is 84.9 Å². The summed E-state index contributed by atoms with van der Waals surface area (Å²) in [6.07, 6.45) is 0.606. The lowest BCUT2D eigenvalue weighted by Crippen LogP contribution is -2.46. The van der Waals surface area contributed by atoms with Crippen molar-refractivity contribution in [3.05, 3.63) is 64.1 Å². The van der Waals surface area contributed by atoms with Crippen LogP contribution in [0.1, 0.15) is 40.5 Å². The van der Waals surface area contributed by atoms with E-state index in [0.29, 0.717) is 42.8 Å². The molecule has 0 aromatic heterocycles. The van der Waals surface area contributed by atoms with Crippen LogP contribution in [-0.4, -0.2) is 48.6 Å². The van der Waals surface area contributed by atoms with E-state index in [2.05, 4.69) is 21.2 Å². The summed E-state index contributed by atoms with van der Waals surface area (Å²) in [5.74, 6) is 0.115. The van der Waals surface area contributed by atoms with Crippen LogP contribution in [0.15, 0.2) is 53.0 Å². The summed E-state index contributed by atoms with van der Waals surface area (Å²) >= 11 is 3.37. The fourth-order valence-corrected chi connectivity index (χ4v) is 3.45. The summed E-state index contributed by atoms with van der Waals surface area (Å²) in [5.41, 5.74) is 1.13. The molecule has 158 valence electrons. The Morgan fingerprint density at radius 2 is 1.60 bits per heavy atom. The van der Waals surface area contributed by atoms with Gasteiger partial charge < -0.3 is 19.7 Å². The summed E-state index contributed by atoms with van der Waals surface area (Å²) in [4.78, 5) is 38.2. The van der Waals surface area contributed by atoms with Gasteiger partial charge in [0.1, 0.15) is 5.75 Å². The Balaban J connectivity index is 1.48. The predicted molar refractivity (Wildman–Crippen MR) is 115 cm³/mol. The minimum atomic E-state index is -0.779. The van der Waals surface area contributed by atoms with Crippen LogP contribution in [0.25, 0.3) is 0 Å². The number of halogens is 1. The second-order valence-corrected chi connectivity index (χ2v) is 7.77. The van der Waals surface area contributed by atoms with Gasteiger partial charge in [-0.2, -0.15) is 0 Å². The van der Waals surface area contributed by atoms with E-state index in [4.69, 9.17) is 9.47 Å². The molecule has 8 heteroatoms. The summed E-state index contributed by atoms with van der Waals surface area (Å²) in [6, 6.07) is 13.6. The highest BCUT2D eigenvalue weighted by Gasteiger charge is 2.25. The second kappa shape index (κ2) is 10.2. The van der Waals surface area contributed by atoms with Crippen LogP contribution in [0.5, 0.6) is 5.75 Å². The minimum Gasteiger partial charge on any atom is -0.434 e. The van der Waals surface area contributed by atoms with Crippen LogP contribution >= 0.6 is 15.9 Å². The summed E-state index contributed by atoms with van der Waals surface area (Å²) in [5, 5.41) is 3.01. The first-order valence-electron chi connectivity index (χ1n) is 9.76. The summed E-state index contributed by atoms with van der Waals surface area (Å²) in [6.45, 7) is 3.10. The number of likely N-dealkylation sites (tertiary alicyclic amines) is 1. The van der Waals surface area contributed by atoms with E-state index < -0.39 is 6.16 Å². The normalized spacial score (nSPS) is 14.1. The molecule has 1 fully saturated rings. The molecule has 1 N–H and O–H groups in total. The molecule has 0 aliphatic carbocycles. The highest BCUT2D eigenvalue weighted by Crippen LogP contribution is 2.18. The van der Waals surface area contributed by atoms with Gasteiger partial charge in [0.25, 0.3) is 11.8 Å². The number of nitrogens with zero attached hydrogens (tertiary/aromatic N) is 1. The maximum Gasteiger partial charge on any atom is 0.513 e. The Labute approximate surface area is 183 Å². The number of hydrogen-bond donors (Lipinski definition) is 1. The van der Waals surface area contributed by atoms with Gasteiger partial charge in [0.15, 0.2) is 0 Å². The van der Waals surface area contributed by atoms with Crippen LogP contribution in [0.4, 0.5) is 4.79 Å². The SMILES string of the molecule is CCOC(=O)Oc1ccc(C(=O)NC2CCN(C(=O)c3ccc(Br)cc3)CC2)cc1. The van der Waals surface area contributed by atoms with Gasteiger partial charge >= 0.3 is 6.16 Å². The van der Waals surface area contributed by atoms with Crippen molar-refractivity contribution in [3.63, 3.8) is 0 Å². The Hall–Kier alpha value is -2.87. The first-order chi connectivity index (χ1) is 14.5. The zero-order valence-electron chi connectivity index (χ0n) is 16.6. The molecular weight excluding hydrogens is 452 g/mol. The number of benzene rings is 2. The van der Waals surface area contributed by atoms with Gasteiger partial charge in [-0.15, -0.1) is 0 Å². The Morgan fingerprint density at radius 3 is 2.20 bits per heavy atom. The average Bonchev–Trinajstić information content (AvgIpc) is 2.75. The molecule has 30 heavy (non-hydrogen) atoms. The van der Waals surface area contributed by atoms with Crippen molar-refractivity contribution in [1.29, 1.82) is 0 Å². The zero-order valence-corrected chi connectivity index (χ0v) is 18.2. The van der Waals surface area contributed by atoms with E-state index in [9.17, 15) is 14.4 Å². The van der Waals surface area contributed by atoms with Crippen LogP contribution < -0.4 is 10.1 Å². The third kappa shape index (κ3) is 5.82. The van der Waals surface area contributed by atoms with E-state index >= 15 is 0 Å². The molecule has 1 aliphatic heterocycles. The molecule has 1 heterocycles. The average molecular weight is 475 g/mol. The van der Waals surface area contributed by atoms with E-state index in [1.54, 1.807) is 43.3 Å². The van der Waals surface area contributed by atoms with Gasteiger partial charge in [-0.1, -0.05) is 15.9 Å². The molecule has 0 atom stereocenters. The summed E-state index contributed by atoms with van der Waals surface area (Å²) in [7, 11) is 0. The number of nitrogens with one attached hydrogen (secondary N) is 1. The van der Waals surface area contributed by atoms with Crippen molar-refractivity contribution < 1.29 is 23.9 Å². The molecule has 1 aliphatic rings. The number of carbonyl (C=O) groups is 3. The molecule has 0 unspecified atom stereocenters. The van der Waals surface area contributed by atoms with Gasteiger partial charge in [-0.05, 0) is 68.3 Å².